The molecule has 0 aromatic carbocycles. The lowest BCUT2D eigenvalue weighted by molar-refractivity contribution is 0.220. The van der Waals surface area contributed by atoms with Gasteiger partial charge in [-0.3, -0.25) is 4.90 Å². The molecule has 1 N–H and O–H groups in total. The van der Waals surface area contributed by atoms with Gasteiger partial charge < -0.3 is 9.84 Å². The van der Waals surface area contributed by atoms with E-state index in [1.807, 2.05) is 12.1 Å². The SMILES string of the molecule is OC/C=C\COc1cc(CN2CCCCC2)ccn1. The van der Waals surface area contributed by atoms with Gasteiger partial charge >= 0.3 is 0 Å². The first-order valence-electron chi connectivity index (χ1n) is 6.94. The number of ether oxygens (including phenoxy) is 1. The summed E-state index contributed by atoms with van der Waals surface area (Å²) in [6.07, 6.45) is 9.22. The number of aliphatic hydroxyl groups is 1. The average Bonchev–Trinajstić information content (AvgIpc) is 2.45. The molecule has 2 heterocycles. The Morgan fingerprint density at radius 2 is 2.11 bits per heavy atom. The summed E-state index contributed by atoms with van der Waals surface area (Å²) in [5.74, 6) is 0.650. The molecule has 0 atom stereocenters. The zero-order valence-electron chi connectivity index (χ0n) is 11.3. The topological polar surface area (TPSA) is 45.6 Å². The highest BCUT2D eigenvalue weighted by atomic mass is 16.5. The van der Waals surface area contributed by atoms with E-state index >= 15 is 0 Å². The predicted molar refractivity (Wildman–Crippen MR) is 75.1 cm³/mol. The number of aromatic nitrogens is 1. The minimum Gasteiger partial charge on any atom is -0.473 e. The molecule has 104 valence electrons. The molecule has 2 rings (SSSR count). The lowest BCUT2D eigenvalue weighted by Gasteiger charge is -2.26. The van der Waals surface area contributed by atoms with Gasteiger partial charge in [-0.05, 0) is 43.6 Å². The highest BCUT2D eigenvalue weighted by molar-refractivity contribution is 5.20. The first kappa shape index (κ1) is 14.0. The van der Waals surface area contributed by atoms with E-state index < -0.39 is 0 Å². The summed E-state index contributed by atoms with van der Waals surface area (Å²) in [6.45, 7) is 3.85. The molecule has 0 amide bonds. The zero-order chi connectivity index (χ0) is 13.3. The van der Waals surface area contributed by atoms with Gasteiger partial charge in [0, 0.05) is 18.8 Å². The van der Waals surface area contributed by atoms with Crippen LogP contribution in [0.2, 0.25) is 0 Å². The van der Waals surface area contributed by atoms with Crippen LogP contribution in [0.5, 0.6) is 5.88 Å². The van der Waals surface area contributed by atoms with E-state index in [9.17, 15) is 0 Å². The number of pyridine rings is 1. The van der Waals surface area contributed by atoms with Crippen LogP contribution in [0.3, 0.4) is 0 Å². The molecule has 1 aromatic rings. The quantitative estimate of drug-likeness (QED) is 0.796. The van der Waals surface area contributed by atoms with Crippen LogP contribution < -0.4 is 4.74 Å². The number of hydrogen-bond acceptors (Lipinski definition) is 4. The molecule has 1 aliphatic rings. The smallest absolute Gasteiger partial charge is 0.213 e. The van der Waals surface area contributed by atoms with Gasteiger partial charge in [0.15, 0.2) is 0 Å². The van der Waals surface area contributed by atoms with Gasteiger partial charge in [-0.1, -0.05) is 12.5 Å². The molecule has 0 bridgehead atoms. The fraction of sp³-hybridized carbons (Fsp3) is 0.533. The van der Waals surface area contributed by atoms with E-state index in [0.717, 1.165) is 6.54 Å². The van der Waals surface area contributed by atoms with Crippen molar-refractivity contribution in [1.29, 1.82) is 0 Å². The Hall–Kier alpha value is -1.39. The van der Waals surface area contributed by atoms with Crippen LogP contribution in [0.1, 0.15) is 24.8 Å². The van der Waals surface area contributed by atoms with Crippen molar-refractivity contribution in [3.05, 3.63) is 36.0 Å². The number of nitrogens with zero attached hydrogens (tertiary/aromatic N) is 2. The summed E-state index contributed by atoms with van der Waals surface area (Å²) < 4.78 is 5.51. The van der Waals surface area contributed by atoms with E-state index in [-0.39, 0.29) is 6.61 Å². The Morgan fingerprint density at radius 1 is 1.26 bits per heavy atom. The van der Waals surface area contributed by atoms with Crippen LogP contribution in [0.4, 0.5) is 0 Å². The van der Waals surface area contributed by atoms with E-state index in [2.05, 4.69) is 9.88 Å². The number of hydrogen-bond donors (Lipinski definition) is 1. The third-order valence-corrected chi connectivity index (χ3v) is 3.25. The second-order valence-electron chi connectivity index (χ2n) is 4.80. The Morgan fingerprint density at radius 3 is 2.89 bits per heavy atom. The van der Waals surface area contributed by atoms with Crippen LogP contribution in [0, 0.1) is 0 Å². The lowest BCUT2D eigenvalue weighted by atomic mass is 10.1. The molecule has 0 aliphatic carbocycles. The molecule has 0 saturated carbocycles. The molecule has 1 saturated heterocycles. The molecule has 1 aliphatic heterocycles. The summed E-state index contributed by atoms with van der Waals surface area (Å²) in [5, 5.41) is 8.63. The summed E-state index contributed by atoms with van der Waals surface area (Å²) in [4.78, 5) is 6.67. The largest absolute Gasteiger partial charge is 0.473 e. The molecular weight excluding hydrogens is 240 g/mol. The van der Waals surface area contributed by atoms with Crippen LogP contribution >= 0.6 is 0 Å². The maximum atomic E-state index is 8.63. The van der Waals surface area contributed by atoms with E-state index in [4.69, 9.17) is 9.84 Å². The molecule has 4 nitrogen and oxygen atoms in total. The fourth-order valence-electron chi connectivity index (χ4n) is 2.28. The molecule has 0 radical (unpaired) electrons. The fourth-order valence-corrected chi connectivity index (χ4v) is 2.28. The van der Waals surface area contributed by atoms with Crippen molar-refractivity contribution >= 4 is 0 Å². The summed E-state index contributed by atoms with van der Waals surface area (Å²) in [7, 11) is 0. The molecule has 1 aromatic heterocycles. The monoisotopic (exact) mass is 262 g/mol. The Kier molecular flexibility index (Phi) is 5.85. The number of likely N-dealkylation sites (tertiary alicyclic amines) is 1. The van der Waals surface area contributed by atoms with Crippen molar-refractivity contribution in [2.45, 2.75) is 25.8 Å². The van der Waals surface area contributed by atoms with Gasteiger partial charge in [-0.15, -0.1) is 0 Å². The molecular formula is C15H22N2O2. The number of piperidine rings is 1. The number of rotatable bonds is 6. The van der Waals surface area contributed by atoms with Gasteiger partial charge in [-0.2, -0.15) is 0 Å². The van der Waals surface area contributed by atoms with Crippen LogP contribution in [0.25, 0.3) is 0 Å². The molecule has 4 heteroatoms. The Bertz CT molecular complexity index is 401. The van der Waals surface area contributed by atoms with Crippen molar-refractivity contribution in [2.75, 3.05) is 26.3 Å². The van der Waals surface area contributed by atoms with Gasteiger partial charge in [0.05, 0.1) is 6.61 Å². The molecule has 19 heavy (non-hydrogen) atoms. The minimum absolute atomic E-state index is 0.0474. The van der Waals surface area contributed by atoms with Crippen molar-refractivity contribution in [3.63, 3.8) is 0 Å². The highest BCUT2D eigenvalue weighted by Crippen LogP contribution is 2.15. The summed E-state index contributed by atoms with van der Waals surface area (Å²) in [6, 6.07) is 4.05. The van der Waals surface area contributed by atoms with E-state index in [0.29, 0.717) is 12.5 Å². The van der Waals surface area contributed by atoms with Crippen molar-refractivity contribution in [3.8, 4) is 5.88 Å². The van der Waals surface area contributed by atoms with Crippen LogP contribution in [-0.2, 0) is 6.54 Å². The minimum atomic E-state index is 0.0474. The van der Waals surface area contributed by atoms with Gasteiger partial charge in [-0.25, -0.2) is 4.98 Å². The van der Waals surface area contributed by atoms with Crippen molar-refractivity contribution in [1.82, 2.24) is 9.88 Å². The highest BCUT2D eigenvalue weighted by Gasteiger charge is 2.10. The molecule has 0 unspecified atom stereocenters. The van der Waals surface area contributed by atoms with Gasteiger partial charge in [0.1, 0.15) is 6.61 Å². The second kappa shape index (κ2) is 7.92. The normalized spacial score (nSPS) is 16.9. The maximum absolute atomic E-state index is 8.63. The Balaban J connectivity index is 1.85. The second-order valence-corrected chi connectivity index (χ2v) is 4.80. The number of aliphatic hydroxyl groups excluding tert-OH is 1. The average molecular weight is 262 g/mol. The predicted octanol–water partition coefficient (Wildman–Crippen LogP) is 1.99. The first-order chi connectivity index (χ1) is 9.38. The standard InChI is InChI=1S/C15H22N2O2/c18-10-4-5-11-19-15-12-14(6-7-16-15)13-17-8-2-1-3-9-17/h4-7,12,18H,1-3,8-11,13H2/b5-4-. The molecule has 1 fully saturated rings. The molecule has 0 spiro atoms. The zero-order valence-corrected chi connectivity index (χ0v) is 11.3. The third kappa shape index (κ3) is 5.01. The van der Waals surface area contributed by atoms with E-state index in [1.54, 1.807) is 18.3 Å². The Labute approximate surface area is 114 Å². The maximum Gasteiger partial charge on any atom is 0.213 e. The van der Waals surface area contributed by atoms with Crippen molar-refractivity contribution < 1.29 is 9.84 Å². The van der Waals surface area contributed by atoms with E-state index in [1.165, 1.54) is 37.9 Å². The van der Waals surface area contributed by atoms with Gasteiger partial charge in [0.25, 0.3) is 0 Å². The third-order valence-electron chi connectivity index (χ3n) is 3.25. The summed E-state index contributed by atoms with van der Waals surface area (Å²) >= 11 is 0. The van der Waals surface area contributed by atoms with Crippen LogP contribution in [-0.4, -0.2) is 41.3 Å². The van der Waals surface area contributed by atoms with Crippen LogP contribution in [0.15, 0.2) is 30.5 Å². The lowest BCUT2D eigenvalue weighted by Crippen LogP contribution is -2.29. The van der Waals surface area contributed by atoms with Crippen molar-refractivity contribution in [2.24, 2.45) is 0 Å². The van der Waals surface area contributed by atoms with Gasteiger partial charge in [0.2, 0.25) is 5.88 Å². The summed E-state index contributed by atoms with van der Waals surface area (Å²) in [5.41, 5.74) is 1.25. The first-order valence-corrected chi connectivity index (χ1v) is 6.94.